The van der Waals surface area contributed by atoms with Gasteiger partial charge >= 0.3 is 18.9 Å². The molecule has 0 aromatic heterocycles. The van der Waals surface area contributed by atoms with Crippen LogP contribution in [0.4, 0.5) is 0 Å². The largest absolute Gasteiger partial charge is 1.00 e. The van der Waals surface area contributed by atoms with Gasteiger partial charge in [0, 0.05) is 67.6 Å². The minimum absolute atomic E-state index is 0. The first kappa shape index (κ1) is 53.6. The predicted octanol–water partition coefficient (Wildman–Crippen LogP) is 8.31. The van der Waals surface area contributed by atoms with Crippen LogP contribution in [0.2, 0.25) is 0 Å². The molecule has 4 saturated heterocycles. The summed E-state index contributed by atoms with van der Waals surface area (Å²) in [6.07, 6.45) is 17.7. The SMILES string of the molecule is C.C.C[C@]12CCC3(CC1=CC[C@@H]1[C@@H]2C(=O)C[C@@]2(C)[C@H]1CCC21OCCO1)OCCO3.C[C@]12CCC3(CC1=CC[C@@H]1[C@@H]2[C@](O)(c2ccccc2)C[C@@]2(C)[C@H]1CCC21OCCO1)OCCO3.[Li+].[c-]1ccccc1. The van der Waals surface area contributed by atoms with Gasteiger partial charge in [-0.3, -0.25) is 4.79 Å². The summed E-state index contributed by atoms with van der Waals surface area (Å²) < 4.78 is 49.4. The zero-order valence-corrected chi connectivity index (χ0v) is 42.1. The molecule has 2 aromatic carbocycles. The van der Waals surface area contributed by atoms with Crippen LogP contribution < -0.4 is 18.9 Å². The maximum Gasteiger partial charge on any atom is 1.00 e. The minimum Gasteiger partial charge on any atom is -0.385 e. The first-order valence-electron chi connectivity index (χ1n) is 26.5. The van der Waals surface area contributed by atoms with Crippen molar-refractivity contribution in [2.24, 2.45) is 57.2 Å². The second-order valence-electron chi connectivity index (χ2n) is 23.8. The van der Waals surface area contributed by atoms with Crippen LogP contribution in [-0.4, -0.2) is 86.9 Å². The molecule has 4 heterocycles. The van der Waals surface area contributed by atoms with Gasteiger partial charge in [-0.05, 0) is 85.0 Å². The number of allylic oxidation sites excluding steroid dienone is 2. The van der Waals surface area contributed by atoms with E-state index >= 15 is 0 Å². The van der Waals surface area contributed by atoms with Crippen LogP contribution in [0.3, 0.4) is 0 Å². The van der Waals surface area contributed by atoms with Crippen LogP contribution in [0, 0.1) is 63.2 Å². The van der Waals surface area contributed by atoms with Gasteiger partial charge in [0.1, 0.15) is 5.78 Å². The molecular weight excluding hydrogens is 888 g/mol. The van der Waals surface area contributed by atoms with Crippen LogP contribution in [0.5, 0.6) is 0 Å². The number of fused-ring (bicyclic) bond motifs is 12. The molecule has 4 spiro atoms. The zero-order valence-electron chi connectivity index (χ0n) is 42.1. The van der Waals surface area contributed by atoms with Gasteiger partial charge in [-0.2, -0.15) is 36.4 Å². The minimum atomic E-state index is -0.944. The molecule has 8 aliphatic carbocycles. The van der Waals surface area contributed by atoms with E-state index in [0.29, 0.717) is 95.2 Å². The van der Waals surface area contributed by atoms with Crippen molar-refractivity contribution in [2.45, 2.75) is 161 Å². The Bertz CT molecular complexity index is 2240. The van der Waals surface area contributed by atoms with E-state index < -0.39 is 28.7 Å². The Hall–Kier alpha value is -2.17. The molecule has 0 amide bonds. The number of carbonyl (C=O) groups excluding carboxylic acids is 1. The van der Waals surface area contributed by atoms with E-state index in [4.69, 9.17) is 37.9 Å². The molecular formula is C60H83LiO10. The number of aliphatic hydroxyl groups is 1. The van der Waals surface area contributed by atoms with Gasteiger partial charge in [-0.15, -0.1) is 0 Å². The Kier molecular flexibility index (Phi) is 14.7. The predicted molar refractivity (Wildman–Crippen MR) is 267 cm³/mol. The van der Waals surface area contributed by atoms with Crippen molar-refractivity contribution in [1.29, 1.82) is 0 Å². The van der Waals surface area contributed by atoms with Crippen LogP contribution in [0.15, 0.2) is 84.0 Å². The Labute approximate surface area is 437 Å². The van der Waals surface area contributed by atoms with Crippen molar-refractivity contribution >= 4 is 5.78 Å². The number of hydrogen-bond acceptors (Lipinski definition) is 10. The van der Waals surface area contributed by atoms with Gasteiger partial charge < -0.3 is 43.0 Å². The maximum absolute atomic E-state index is 13.7. The Morgan fingerprint density at radius 2 is 1.01 bits per heavy atom. The average Bonchev–Trinajstić information content (AvgIpc) is 4.23. The molecule has 10 nitrogen and oxygen atoms in total. The first-order chi connectivity index (χ1) is 32.8. The molecule has 0 radical (unpaired) electrons. The molecule has 11 heteroatoms. The molecule has 4 aliphatic heterocycles. The third-order valence-corrected chi connectivity index (χ3v) is 21.0. The van der Waals surface area contributed by atoms with E-state index in [-0.39, 0.29) is 67.2 Å². The third-order valence-electron chi connectivity index (χ3n) is 21.0. The molecule has 0 unspecified atom stereocenters. The van der Waals surface area contributed by atoms with Crippen LogP contribution >= 0.6 is 0 Å². The van der Waals surface area contributed by atoms with Gasteiger partial charge in [0.2, 0.25) is 0 Å². The Balaban J connectivity index is 0.000000153. The van der Waals surface area contributed by atoms with E-state index in [0.717, 1.165) is 82.6 Å². The summed E-state index contributed by atoms with van der Waals surface area (Å²) in [5.74, 6) is 0.530. The summed E-state index contributed by atoms with van der Waals surface area (Å²) in [4.78, 5) is 13.7. The summed E-state index contributed by atoms with van der Waals surface area (Å²) in [6, 6.07) is 23.0. The van der Waals surface area contributed by atoms with Crippen molar-refractivity contribution < 1.29 is 66.7 Å². The Morgan fingerprint density at radius 3 is 1.54 bits per heavy atom. The summed E-state index contributed by atoms with van der Waals surface area (Å²) in [6.45, 7) is 14.8. The maximum atomic E-state index is 13.7. The fourth-order valence-corrected chi connectivity index (χ4v) is 18.0. The van der Waals surface area contributed by atoms with Crippen molar-refractivity contribution in [2.75, 3.05) is 52.9 Å². The number of hydrogen-bond donors (Lipinski definition) is 1. The number of Topliss-reactive ketones (excluding diaryl/α,β-unsaturated/α-hetero) is 1. The smallest absolute Gasteiger partial charge is 0.385 e. The Morgan fingerprint density at radius 1 is 0.549 bits per heavy atom. The van der Waals surface area contributed by atoms with Gasteiger partial charge in [0.15, 0.2) is 23.1 Å². The molecule has 384 valence electrons. The van der Waals surface area contributed by atoms with Crippen molar-refractivity contribution in [3.63, 3.8) is 0 Å². The van der Waals surface area contributed by atoms with Crippen molar-refractivity contribution in [3.8, 4) is 0 Å². The quantitative estimate of drug-likeness (QED) is 0.170. The van der Waals surface area contributed by atoms with Gasteiger partial charge in [-0.1, -0.05) is 96.2 Å². The monoisotopic (exact) mass is 971 g/mol. The summed E-state index contributed by atoms with van der Waals surface area (Å²) in [5.41, 5.74) is 2.40. The summed E-state index contributed by atoms with van der Waals surface area (Å²) >= 11 is 0. The zero-order chi connectivity index (χ0) is 46.7. The number of carbonyl (C=O) groups is 1. The van der Waals surface area contributed by atoms with Crippen LogP contribution in [-0.2, 0) is 48.3 Å². The fraction of sp³-hybridized carbons (Fsp3) is 0.717. The van der Waals surface area contributed by atoms with E-state index in [2.05, 4.69) is 70.2 Å². The molecule has 6 saturated carbocycles. The molecule has 0 bridgehead atoms. The van der Waals surface area contributed by atoms with Crippen LogP contribution in [0.1, 0.15) is 138 Å². The number of rotatable bonds is 1. The first-order valence-corrected chi connectivity index (χ1v) is 26.5. The molecule has 71 heavy (non-hydrogen) atoms. The van der Waals surface area contributed by atoms with Crippen molar-refractivity contribution in [1.82, 2.24) is 0 Å². The molecule has 14 rings (SSSR count). The second-order valence-corrected chi connectivity index (χ2v) is 23.8. The van der Waals surface area contributed by atoms with Gasteiger partial charge in [0.25, 0.3) is 0 Å². The molecule has 11 atom stereocenters. The molecule has 2 aromatic rings. The summed E-state index contributed by atoms with van der Waals surface area (Å²) in [5, 5.41) is 13.0. The van der Waals surface area contributed by atoms with Gasteiger partial charge in [-0.25, -0.2) is 0 Å². The normalized spacial score (nSPS) is 41.9. The van der Waals surface area contributed by atoms with Crippen molar-refractivity contribution in [3.05, 3.63) is 95.6 Å². The topological polar surface area (TPSA) is 111 Å². The molecule has 1 N–H and O–H groups in total. The standard InChI is InChI=1S/C29H38O5.C23H32O5.C6H5.2CH4.Li/c1-25-12-13-27(31-14-15-32-27)18-21(25)8-9-22-23-10-11-29(33-16-17-34-29)26(23,2)19-28(30,24(22)25)20-6-4-3-5-7-20;1-20-7-8-22(25-9-10-26-22)13-15(20)3-4-16-17-5-6-23(27-11-12-28-23)21(17,2)14-18(24)19(16)20;1-2-4-6-5-3-1;;;/h3-8,22-24,30H,9-19H2,1-2H3;3,16-17,19H,4-14H2,1-2H3;1-5H;2*1H4;/q;;-1;;;+1/t22-,23-,24-,25-,26-,28+;16-,17-,19+,20-,21-;;;;/m00..../s1. The van der Waals surface area contributed by atoms with E-state index in [1.807, 2.05) is 36.4 Å². The third kappa shape index (κ3) is 8.07. The number of ether oxygens (including phenoxy) is 8. The summed E-state index contributed by atoms with van der Waals surface area (Å²) in [7, 11) is 0. The number of benzene rings is 2. The van der Waals surface area contributed by atoms with E-state index in [1.165, 1.54) is 11.1 Å². The van der Waals surface area contributed by atoms with E-state index in [9.17, 15) is 9.90 Å². The number of ketones is 1. The van der Waals surface area contributed by atoms with E-state index in [1.54, 1.807) is 0 Å². The second kappa shape index (κ2) is 19.4. The van der Waals surface area contributed by atoms with Crippen LogP contribution in [0.25, 0.3) is 0 Å². The van der Waals surface area contributed by atoms with Gasteiger partial charge in [0.05, 0.1) is 58.5 Å². The molecule has 10 fully saturated rings. The molecule has 12 aliphatic rings. The average molecular weight is 971 g/mol. The fourth-order valence-electron chi connectivity index (χ4n) is 18.0.